The molecule has 1 atom stereocenters. The normalized spacial score (nSPS) is 12.5. The molecule has 1 aromatic carbocycles. The highest BCUT2D eigenvalue weighted by Crippen LogP contribution is 2.16. The number of benzene rings is 1. The van der Waals surface area contributed by atoms with Crippen LogP contribution in [0.4, 0.5) is 0 Å². The van der Waals surface area contributed by atoms with Crippen LogP contribution in [0.1, 0.15) is 25.2 Å². The summed E-state index contributed by atoms with van der Waals surface area (Å²) in [6.45, 7) is 2.57. The Morgan fingerprint density at radius 2 is 1.92 bits per heavy atom. The first-order valence-electron chi connectivity index (χ1n) is 8.35. The van der Waals surface area contributed by atoms with E-state index in [0.29, 0.717) is 13.0 Å². The highest BCUT2D eigenvalue weighted by molar-refractivity contribution is 5.80. The molecule has 1 amide bonds. The SMILES string of the molecule is CC(NC(=O)CCn1ccc2ccccc21)c1nnc2ccccn12. The van der Waals surface area contributed by atoms with Crippen molar-refractivity contribution >= 4 is 22.5 Å². The zero-order valence-electron chi connectivity index (χ0n) is 14.0. The highest BCUT2D eigenvalue weighted by atomic mass is 16.1. The minimum absolute atomic E-state index is 0.00189. The summed E-state index contributed by atoms with van der Waals surface area (Å²) < 4.78 is 4.00. The fraction of sp³-hybridized carbons (Fsp3) is 0.211. The minimum atomic E-state index is -0.202. The summed E-state index contributed by atoms with van der Waals surface area (Å²) in [7, 11) is 0. The van der Waals surface area contributed by atoms with E-state index in [1.807, 2.05) is 54.0 Å². The summed E-state index contributed by atoms with van der Waals surface area (Å²) in [5, 5.41) is 12.5. The fourth-order valence-electron chi connectivity index (χ4n) is 3.09. The molecule has 0 saturated carbocycles. The number of para-hydroxylation sites is 1. The predicted molar refractivity (Wildman–Crippen MR) is 96.1 cm³/mol. The van der Waals surface area contributed by atoms with Crippen molar-refractivity contribution in [2.45, 2.75) is 25.9 Å². The van der Waals surface area contributed by atoms with Crippen LogP contribution in [0.5, 0.6) is 0 Å². The molecular formula is C19H19N5O. The van der Waals surface area contributed by atoms with Gasteiger partial charge in [0.2, 0.25) is 5.91 Å². The molecule has 6 nitrogen and oxygen atoms in total. The van der Waals surface area contributed by atoms with E-state index in [1.165, 1.54) is 5.39 Å². The minimum Gasteiger partial charge on any atom is -0.347 e. The molecule has 0 bridgehead atoms. The van der Waals surface area contributed by atoms with Crippen molar-refractivity contribution in [2.75, 3.05) is 0 Å². The number of pyridine rings is 1. The van der Waals surface area contributed by atoms with Gasteiger partial charge in [-0.05, 0) is 36.6 Å². The number of hydrogen-bond acceptors (Lipinski definition) is 3. The van der Waals surface area contributed by atoms with Gasteiger partial charge in [0.1, 0.15) is 0 Å². The van der Waals surface area contributed by atoms with Crippen molar-refractivity contribution < 1.29 is 4.79 Å². The van der Waals surface area contributed by atoms with Gasteiger partial charge < -0.3 is 9.88 Å². The van der Waals surface area contributed by atoms with E-state index in [-0.39, 0.29) is 11.9 Å². The number of nitrogens with one attached hydrogen (secondary N) is 1. The zero-order valence-corrected chi connectivity index (χ0v) is 14.0. The maximum Gasteiger partial charge on any atom is 0.222 e. The molecule has 0 aliphatic heterocycles. The summed E-state index contributed by atoms with van der Waals surface area (Å²) in [5.41, 5.74) is 1.92. The van der Waals surface area contributed by atoms with Crippen LogP contribution in [-0.4, -0.2) is 25.1 Å². The Morgan fingerprint density at radius 3 is 2.84 bits per heavy atom. The maximum atomic E-state index is 12.3. The van der Waals surface area contributed by atoms with Crippen LogP contribution in [0.15, 0.2) is 60.9 Å². The summed E-state index contributed by atoms with van der Waals surface area (Å²) in [6.07, 6.45) is 4.34. The second kappa shape index (κ2) is 6.39. The number of aromatic nitrogens is 4. The molecule has 3 heterocycles. The van der Waals surface area contributed by atoms with Crippen molar-refractivity contribution in [3.63, 3.8) is 0 Å². The number of amides is 1. The van der Waals surface area contributed by atoms with Gasteiger partial charge in [-0.2, -0.15) is 0 Å². The Hall–Kier alpha value is -3.15. The van der Waals surface area contributed by atoms with Gasteiger partial charge in [0.05, 0.1) is 6.04 Å². The van der Waals surface area contributed by atoms with E-state index in [2.05, 4.69) is 38.3 Å². The zero-order chi connectivity index (χ0) is 17.2. The summed E-state index contributed by atoms with van der Waals surface area (Å²) in [6, 6.07) is 15.8. The van der Waals surface area contributed by atoms with E-state index in [0.717, 1.165) is 17.0 Å². The predicted octanol–water partition coefficient (Wildman–Crippen LogP) is 2.95. The fourth-order valence-corrected chi connectivity index (χ4v) is 3.09. The molecule has 126 valence electrons. The van der Waals surface area contributed by atoms with Gasteiger partial charge in [0.15, 0.2) is 11.5 Å². The molecular weight excluding hydrogens is 314 g/mol. The largest absolute Gasteiger partial charge is 0.347 e. The van der Waals surface area contributed by atoms with Crippen LogP contribution >= 0.6 is 0 Å². The third kappa shape index (κ3) is 2.98. The highest BCUT2D eigenvalue weighted by Gasteiger charge is 2.15. The number of rotatable bonds is 5. The van der Waals surface area contributed by atoms with E-state index < -0.39 is 0 Å². The topological polar surface area (TPSA) is 64.2 Å². The van der Waals surface area contributed by atoms with E-state index in [1.54, 1.807) is 0 Å². The third-order valence-electron chi connectivity index (χ3n) is 4.36. The van der Waals surface area contributed by atoms with E-state index in [9.17, 15) is 4.79 Å². The average Bonchev–Trinajstić information content (AvgIpc) is 3.24. The molecule has 0 fully saturated rings. The van der Waals surface area contributed by atoms with Crippen LogP contribution in [0.25, 0.3) is 16.6 Å². The molecule has 1 N–H and O–H groups in total. The molecule has 0 radical (unpaired) electrons. The van der Waals surface area contributed by atoms with E-state index in [4.69, 9.17) is 0 Å². The van der Waals surface area contributed by atoms with Gasteiger partial charge in [0.25, 0.3) is 0 Å². The quantitative estimate of drug-likeness (QED) is 0.611. The lowest BCUT2D eigenvalue weighted by Crippen LogP contribution is -2.28. The van der Waals surface area contributed by atoms with Crippen LogP contribution < -0.4 is 5.32 Å². The molecule has 0 aliphatic carbocycles. The van der Waals surface area contributed by atoms with Gasteiger partial charge in [-0.25, -0.2) is 0 Å². The number of aryl methyl sites for hydroxylation is 1. The molecule has 4 aromatic rings. The molecule has 6 heteroatoms. The Balaban J connectivity index is 1.42. The summed E-state index contributed by atoms with van der Waals surface area (Å²) in [5.74, 6) is 0.730. The smallest absolute Gasteiger partial charge is 0.222 e. The molecule has 0 aliphatic rings. The lowest BCUT2D eigenvalue weighted by atomic mass is 10.2. The summed E-state index contributed by atoms with van der Waals surface area (Å²) >= 11 is 0. The van der Waals surface area contributed by atoms with Crippen LogP contribution in [0, 0.1) is 0 Å². The first-order chi connectivity index (χ1) is 12.2. The number of fused-ring (bicyclic) bond motifs is 2. The number of nitrogens with zero attached hydrogens (tertiary/aromatic N) is 4. The average molecular weight is 333 g/mol. The third-order valence-corrected chi connectivity index (χ3v) is 4.36. The van der Waals surface area contributed by atoms with Gasteiger partial charge in [-0.15, -0.1) is 10.2 Å². The lowest BCUT2D eigenvalue weighted by molar-refractivity contribution is -0.122. The Labute approximate surface area is 145 Å². The van der Waals surface area contributed by atoms with Crippen molar-refractivity contribution in [1.29, 1.82) is 0 Å². The standard InChI is InChI=1S/C19H19N5O/c1-14(19-22-21-17-8-4-5-11-24(17)19)20-18(25)10-13-23-12-9-15-6-2-3-7-16(15)23/h2-9,11-12,14H,10,13H2,1H3,(H,20,25). The number of carbonyl (C=O) groups is 1. The molecule has 3 aromatic heterocycles. The Bertz CT molecular complexity index is 1030. The van der Waals surface area contributed by atoms with Gasteiger partial charge in [0, 0.05) is 30.9 Å². The monoisotopic (exact) mass is 333 g/mol. The number of hydrogen-bond donors (Lipinski definition) is 1. The first-order valence-corrected chi connectivity index (χ1v) is 8.35. The molecule has 0 spiro atoms. The van der Waals surface area contributed by atoms with Crippen molar-refractivity contribution in [1.82, 2.24) is 24.5 Å². The lowest BCUT2D eigenvalue weighted by Gasteiger charge is -2.13. The second-order valence-corrected chi connectivity index (χ2v) is 6.09. The van der Waals surface area contributed by atoms with Crippen LogP contribution in [0.2, 0.25) is 0 Å². The van der Waals surface area contributed by atoms with Crippen LogP contribution in [-0.2, 0) is 11.3 Å². The Kier molecular flexibility index (Phi) is 3.93. The maximum absolute atomic E-state index is 12.3. The van der Waals surface area contributed by atoms with Crippen molar-refractivity contribution in [3.8, 4) is 0 Å². The van der Waals surface area contributed by atoms with Crippen LogP contribution in [0.3, 0.4) is 0 Å². The van der Waals surface area contributed by atoms with Gasteiger partial charge >= 0.3 is 0 Å². The molecule has 1 unspecified atom stereocenters. The first kappa shape index (κ1) is 15.4. The van der Waals surface area contributed by atoms with Gasteiger partial charge in [-0.1, -0.05) is 24.3 Å². The second-order valence-electron chi connectivity index (χ2n) is 6.09. The number of carbonyl (C=O) groups excluding carboxylic acids is 1. The molecule has 25 heavy (non-hydrogen) atoms. The molecule has 0 saturated heterocycles. The Morgan fingerprint density at radius 1 is 1.08 bits per heavy atom. The molecule has 4 rings (SSSR count). The summed E-state index contributed by atoms with van der Waals surface area (Å²) in [4.78, 5) is 12.3. The van der Waals surface area contributed by atoms with Gasteiger partial charge in [-0.3, -0.25) is 9.20 Å². The van der Waals surface area contributed by atoms with E-state index >= 15 is 0 Å². The van der Waals surface area contributed by atoms with Crippen molar-refractivity contribution in [2.24, 2.45) is 0 Å². The van der Waals surface area contributed by atoms with Crippen molar-refractivity contribution in [3.05, 3.63) is 66.7 Å².